The monoisotopic (exact) mass is 478 g/mol. The standard InChI is InChI=1S/C27H34N4O4/c1-2-16-35-25(32)11-10-24(26(28)33)31-18-23-21(27(31)34)8-9-22(29-23)20-12-14-30(15-13-20)17-19-6-4-3-5-7-19/h3-9,20,24H,2,10-18H2,1H3,(H2,28,33). The van der Waals surface area contributed by atoms with Gasteiger partial charge < -0.3 is 15.4 Å². The first-order valence-electron chi connectivity index (χ1n) is 12.5. The zero-order chi connectivity index (χ0) is 24.8. The Morgan fingerprint density at radius 3 is 2.57 bits per heavy atom. The van der Waals surface area contributed by atoms with Crippen molar-refractivity contribution in [2.75, 3.05) is 19.7 Å². The van der Waals surface area contributed by atoms with Crippen molar-refractivity contribution >= 4 is 17.8 Å². The molecule has 2 aliphatic heterocycles. The van der Waals surface area contributed by atoms with E-state index in [0.29, 0.717) is 23.8 Å². The van der Waals surface area contributed by atoms with Gasteiger partial charge in [0.05, 0.1) is 24.4 Å². The molecule has 35 heavy (non-hydrogen) atoms. The van der Waals surface area contributed by atoms with Crippen molar-refractivity contribution in [1.29, 1.82) is 0 Å². The molecular formula is C27H34N4O4. The fraction of sp³-hybridized carbons (Fsp3) is 0.481. The molecule has 2 aromatic rings. The summed E-state index contributed by atoms with van der Waals surface area (Å²) < 4.78 is 5.09. The Hall–Kier alpha value is -3.26. The Morgan fingerprint density at radius 2 is 1.89 bits per heavy atom. The van der Waals surface area contributed by atoms with Gasteiger partial charge in [-0.15, -0.1) is 0 Å². The molecule has 0 radical (unpaired) electrons. The minimum Gasteiger partial charge on any atom is -0.466 e. The smallest absolute Gasteiger partial charge is 0.305 e. The molecule has 8 nitrogen and oxygen atoms in total. The molecule has 1 atom stereocenters. The van der Waals surface area contributed by atoms with Crippen LogP contribution in [0.2, 0.25) is 0 Å². The van der Waals surface area contributed by atoms with Crippen LogP contribution in [-0.4, -0.2) is 58.3 Å². The lowest BCUT2D eigenvalue weighted by Crippen LogP contribution is -2.45. The number of esters is 1. The van der Waals surface area contributed by atoms with Crippen molar-refractivity contribution in [3.8, 4) is 0 Å². The van der Waals surface area contributed by atoms with E-state index in [1.807, 2.05) is 25.1 Å². The SMILES string of the molecule is CCCOC(=O)CCC(C(N)=O)N1Cc2nc(C3CCN(Cc4ccccc4)CC3)ccc2C1=O. The number of rotatable bonds is 10. The quantitative estimate of drug-likeness (QED) is 0.526. The second-order valence-electron chi connectivity index (χ2n) is 9.38. The van der Waals surface area contributed by atoms with Gasteiger partial charge in [-0.3, -0.25) is 24.3 Å². The van der Waals surface area contributed by atoms with Gasteiger partial charge in [-0.2, -0.15) is 0 Å². The van der Waals surface area contributed by atoms with E-state index in [9.17, 15) is 14.4 Å². The first-order chi connectivity index (χ1) is 17.0. The van der Waals surface area contributed by atoms with E-state index in [1.54, 1.807) is 0 Å². The molecule has 1 fully saturated rings. The molecule has 2 aliphatic rings. The average molecular weight is 479 g/mol. The number of nitrogens with two attached hydrogens (primary N) is 1. The summed E-state index contributed by atoms with van der Waals surface area (Å²) in [6, 6.07) is 13.4. The molecular weight excluding hydrogens is 444 g/mol. The lowest BCUT2D eigenvalue weighted by atomic mass is 9.92. The predicted molar refractivity (Wildman–Crippen MR) is 131 cm³/mol. The molecule has 1 saturated heterocycles. The number of carbonyl (C=O) groups is 3. The molecule has 4 rings (SSSR count). The first-order valence-corrected chi connectivity index (χ1v) is 12.5. The van der Waals surface area contributed by atoms with Crippen LogP contribution in [0.3, 0.4) is 0 Å². The van der Waals surface area contributed by atoms with Crippen molar-refractivity contribution in [3.63, 3.8) is 0 Å². The number of nitrogens with zero attached hydrogens (tertiary/aromatic N) is 3. The van der Waals surface area contributed by atoms with E-state index in [2.05, 4.69) is 29.2 Å². The number of ether oxygens (including phenoxy) is 1. The number of fused-ring (bicyclic) bond motifs is 1. The van der Waals surface area contributed by atoms with Crippen LogP contribution in [-0.2, 0) is 27.4 Å². The summed E-state index contributed by atoms with van der Waals surface area (Å²) in [6.45, 7) is 5.44. The number of benzene rings is 1. The number of pyridine rings is 1. The van der Waals surface area contributed by atoms with Gasteiger partial charge in [0.15, 0.2) is 0 Å². The molecule has 186 valence electrons. The number of primary amides is 1. The molecule has 0 bridgehead atoms. The van der Waals surface area contributed by atoms with Crippen LogP contribution in [0.15, 0.2) is 42.5 Å². The van der Waals surface area contributed by atoms with Gasteiger partial charge >= 0.3 is 5.97 Å². The van der Waals surface area contributed by atoms with Gasteiger partial charge in [-0.05, 0) is 56.5 Å². The second kappa shape index (κ2) is 11.4. The average Bonchev–Trinajstić information content (AvgIpc) is 3.19. The van der Waals surface area contributed by atoms with Crippen molar-refractivity contribution < 1.29 is 19.1 Å². The molecule has 2 N–H and O–H groups in total. The van der Waals surface area contributed by atoms with E-state index in [4.69, 9.17) is 15.5 Å². The maximum atomic E-state index is 13.0. The summed E-state index contributed by atoms with van der Waals surface area (Å²) >= 11 is 0. The highest BCUT2D eigenvalue weighted by Crippen LogP contribution is 2.31. The van der Waals surface area contributed by atoms with Gasteiger partial charge in [0.25, 0.3) is 5.91 Å². The molecule has 1 aromatic carbocycles. The molecule has 0 aliphatic carbocycles. The summed E-state index contributed by atoms with van der Waals surface area (Å²) in [4.78, 5) is 45.8. The van der Waals surface area contributed by atoms with Crippen molar-refractivity contribution in [3.05, 3.63) is 65.0 Å². The van der Waals surface area contributed by atoms with Gasteiger partial charge in [0.1, 0.15) is 6.04 Å². The predicted octanol–water partition coefficient (Wildman–Crippen LogP) is 3.00. The van der Waals surface area contributed by atoms with Crippen LogP contribution in [0.4, 0.5) is 0 Å². The Balaban J connectivity index is 1.36. The fourth-order valence-corrected chi connectivity index (χ4v) is 4.92. The number of carbonyl (C=O) groups excluding carboxylic acids is 3. The maximum Gasteiger partial charge on any atom is 0.305 e. The number of hydrogen-bond donors (Lipinski definition) is 1. The van der Waals surface area contributed by atoms with Crippen LogP contribution < -0.4 is 5.73 Å². The van der Waals surface area contributed by atoms with Crippen molar-refractivity contribution in [1.82, 2.24) is 14.8 Å². The molecule has 2 amide bonds. The second-order valence-corrected chi connectivity index (χ2v) is 9.38. The van der Waals surface area contributed by atoms with Crippen molar-refractivity contribution in [2.45, 2.75) is 64.1 Å². The molecule has 0 spiro atoms. The minimum absolute atomic E-state index is 0.0357. The van der Waals surface area contributed by atoms with E-state index >= 15 is 0 Å². The molecule has 8 heteroatoms. The molecule has 1 unspecified atom stereocenters. The largest absolute Gasteiger partial charge is 0.466 e. The van der Waals surface area contributed by atoms with E-state index in [-0.39, 0.29) is 31.3 Å². The molecule has 0 saturated carbocycles. The highest BCUT2D eigenvalue weighted by Gasteiger charge is 2.37. The van der Waals surface area contributed by atoms with Crippen molar-refractivity contribution in [2.24, 2.45) is 5.73 Å². The Morgan fingerprint density at radius 1 is 1.14 bits per heavy atom. The maximum absolute atomic E-state index is 13.0. The van der Waals surface area contributed by atoms with Crippen LogP contribution in [0.1, 0.15) is 72.3 Å². The summed E-state index contributed by atoms with van der Waals surface area (Å²) in [7, 11) is 0. The summed E-state index contributed by atoms with van der Waals surface area (Å²) in [5.41, 5.74) is 9.11. The minimum atomic E-state index is -0.865. The van der Waals surface area contributed by atoms with E-state index in [0.717, 1.165) is 44.6 Å². The van der Waals surface area contributed by atoms with Crippen LogP contribution in [0.25, 0.3) is 0 Å². The van der Waals surface area contributed by atoms with Gasteiger partial charge in [-0.25, -0.2) is 0 Å². The zero-order valence-corrected chi connectivity index (χ0v) is 20.3. The van der Waals surface area contributed by atoms with Gasteiger partial charge in [-0.1, -0.05) is 37.3 Å². The highest BCUT2D eigenvalue weighted by molar-refractivity contribution is 6.00. The topological polar surface area (TPSA) is 106 Å². The number of piperidine rings is 1. The van der Waals surface area contributed by atoms with Gasteiger partial charge in [0, 0.05) is 24.6 Å². The van der Waals surface area contributed by atoms with E-state index in [1.165, 1.54) is 10.5 Å². The number of aromatic nitrogens is 1. The zero-order valence-electron chi connectivity index (χ0n) is 20.3. The Kier molecular flexibility index (Phi) is 8.13. The Bertz CT molecular complexity index is 1050. The third-order valence-electron chi connectivity index (χ3n) is 6.86. The third-order valence-corrected chi connectivity index (χ3v) is 6.86. The van der Waals surface area contributed by atoms with Crippen LogP contribution >= 0.6 is 0 Å². The van der Waals surface area contributed by atoms with Crippen LogP contribution in [0.5, 0.6) is 0 Å². The third kappa shape index (κ3) is 6.06. The highest BCUT2D eigenvalue weighted by atomic mass is 16.5. The lowest BCUT2D eigenvalue weighted by Gasteiger charge is -2.31. The summed E-state index contributed by atoms with van der Waals surface area (Å²) in [5, 5.41) is 0. The normalized spacial score (nSPS) is 17.3. The van der Waals surface area contributed by atoms with Gasteiger partial charge in [0.2, 0.25) is 5.91 Å². The first kappa shape index (κ1) is 24.9. The lowest BCUT2D eigenvalue weighted by molar-refractivity contribution is -0.144. The number of amides is 2. The fourth-order valence-electron chi connectivity index (χ4n) is 4.92. The number of hydrogen-bond acceptors (Lipinski definition) is 6. The Labute approximate surface area is 206 Å². The number of likely N-dealkylation sites (tertiary alicyclic amines) is 1. The molecule has 1 aromatic heterocycles. The van der Waals surface area contributed by atoms with E-state index < -0.39 is 11.9 Å². The van der Waals surface area contributed by atoms with Crippen LogP contribution in [0, 0.1) is 0 Å². The molecule has 3 heterocycles. The summed E-state index contributed by atoms with van der Waals surface area (Å²) in [6.07, 6.45) is 2.93. The summed E-state index contributed by atoms with van der Waals surface area (Å²) in [5.74, 6) is -0.930.